The summed E-state index contributed by atoms with van der Waals surface area (Å²) in [5, 5.41) is 13.6. The summed E-state index contributed by atoms with van der Waals surface area (Å²) in [6, 6.07) is 24.9. The van der Waals surface area contributed by atoms with Crippen LogP contribution in [0.3, 0.4) is 0 Å². The Morgan fingerprint density at radius 2 is 1.61 bits per heavy atom. The van der Waals surface area contributed by atoms with Gasteiger partial charge in [0.05, 0.1) is 7.11 Å². The lowest BCUT2D eigenvalue weighted by molar-refractivity contribution is -0.135. The van der Waals surface area contributed by atoms with Crippen LogP contribution < -0.4 is 15.0 Å². The zero-order valence-electron chi connectivity index (χ0n) is 18.8. The Morgan fingerprint density at radius 3 is 2.30 bits per heavy atom. The van der Waals surface area contributed by atoms with Gasteiger partial charge in [0.15, 0.2) is 0 Å². The fraction of sp³-hybridized carbons (Fsp3) is 0.296. The molecular formula is C27H29N3O3. The molecule has 0 saturated heterocycles. The van der Waals surface area contributed by atoms with Gasteiger partial charge in [-0.05, 0) is 41.7 Å². The summed E-state index contributed by atoms with van der Waals surface area (Å²) in [4.78, 5) is 16.2. The predicted octanol–water partition coefficient (Wildman–Crippen LogP) is 3.64. The number of nitrogens with zero attached hydrogens (tertiary/aromatic N) is 2. The third kappa shape index (κ3) is 4.45. The van der Waals surface area contributed by atoms with Crippen LogP contribution in [0.2, 0.25) is 0 Å². The number of carbonyl (C=O) groups is 1. The lowest BCUT2D eigenvalue weighted by Gasteiger charge is -2.46. The van der Waals surface area contributed by atoms with E-state index in [4.69, 9.17) is 4.74 Å². The zero-order chi connectivity index (χ0) is 22.8. The topological polar surface area (TPSA) is 65.0 Å². The molecule has 6 nitrogen and oxygen atoms in total. The van der Waals surface area contributed by atoms with E-state index in [0.717, 1.165) is 42.0 Å². The Bertz CT molecular complexity index is 1120. The Balaban J connectivity index is 1.49. The van der Waals surface area contributed by atoms with E-state index in [1.807, 2.05) is 41.3 Å². The van der Waals surface area contributed by atoms with Crippen molar-refractivity contribution in [1.82, 2.24) is 10.2 Å². The highest BCUT2D eigenvalue weighted by molar-refractivity contribution is 5.75. The van der Waals surface area contributed by atoms with E-state index in [-0.39, 0.29) is 18.9 Å². The highest BCUT2D eigenvalue weighted by Crippen LogP contribution is 2.33. The van der Waals surface area contributed by atoms with Crippen LogP contribution in [0.5, 0.6) is 5.75 Å². The molecule has 0 fully saturated rings. The van der Waals surface area contributed by atoms with Crippen LogP contribution in [0.4, 0.5) is 5.69 Å². The molecule has 1 heterocycles. The fourth-order valence-electron chi connectivity index (χ4n) is 5.15. The van der Waals surface area contributed by atoms with Crippen molar-refractivity contribution < 1.29 is 14.6 Å². The number of nitrogens with one attached hydrogen (secondary N) is 1. The molecule has 1 unspecified atom stereocenters. The van der Waals surface area contributed by atoms with Crippen LogP contribution >= 0.6 is 0 Å². The standard InChI is InChI=1S/C27H29N3O3/c1-33-25-13-7-5-11-22(25)17-29-16-21-10-4-6-12-24(21)30(18-26(31)32)27(29)28-23-14-19-8-2-3-9-20(19)15-23/h2-13,23,27-28H,14-18H2,1H3,(H,31,32). The molecule has 0 bridgehead atoms. The number of para-hydroxylation sites is 2. The van der Waals surface area contributed by atoms with E-state index in [9.17, 15) is 9.90 Å². The van der Waals surface area contributed by atoms with Crippen LogP contribution in [0, 0.1) is 0 Å². The van der Waals surface area contributed by atoms with E-state index < -0.39 is 5.97 Å². The summed E-state index contributed by atoms with van der Waals surface area (Å²) in [7, 11) is 1.69. The monoisotopic (exact) mass is 443 g/mol. The lowest BCUT2D eigenvalue weighted by atomic mass is 10.1. The number of rotatable bonds is 7. The van der Waals surface area contributed by atoms with E-state index in [2.05, 4.69) is 46.6 Å². The highest BCUT2D eigenvalue weighted by atomic mass is 16.5. The molecule has 1 atom stereocenters. The van der Waals surface area contributed by atoms with Crippen molar-refractivity contribution in [2.24, 2.45) is 0 Å². The fourth-order valence-corrected chi connectivity index (χ4v) is 5.15. The maximum absolute atomic E-state index is 11.9. The summed E-state index contributed by atoms with van der Waals surface area (Å²) >= 11 is 0. The summed E-state index contributed by atoms with van der Waals surface area (Å²) < 4.78 is 5.60. The van der Waals surface area contributed by atoms with Gasteiger partial charge in [-0.2, -0.15) is 0 Å². The summed E-state index contributed by atoms with van der Waals surface area (Å²) in [6.45, 7) is 1.30. The average molecular weight is 444 g/mol. The van der Waals surface area contributed by atoms with Crippen LogP contribution in [-0.2, 0) is 30.7 Å². The van der Waals surface area contributed by atoms with Crippen molar-refractivity contribution >= 4 is 11.7 Å². The molecule has 0 amide bonds. The first-order valence-corrected chi connectivity index (χ1v) is 11.4. The maximum atomic E-state index is 11.9. The number of hydrogen-bond acceptors (Lipinski definition) is 5. The zero-order valence-corrected chi connectivity index (χ0v) is 18.8. The van der Waals surface area contributed by atoms with Crippen molar-refractivity contribution in [2.45, 2.75) is 38.3 Å². The summed E-state index contributed by atoms with van der Waals surface area (Å²) in [5.41, 5.74) is 5.92. The van der Waals surface area contributed by atoms with Crippen LogP contribution in [0.25, 0.3) is 0 Å². The molecule has 170 valence electrons. The van der Waals surface area contributed by atoms with Gasteiger partial charge in [0.1, 0.15) is 18.6 Å². The Morgan fingerprint density at radius 1 is 0.970 bits per heavy atom. The van der Waals surface area contributed by atoms with Crippen molar-refractivity contribution in [3.05, 3.63) is 95.1 Å². The molecule has 2 N–H and O–H groups in total. The summed E-state index contributed by atoms with van der Waals surface area (Å²) in [6.07, 6.45) is 1.63. The molecule has 3 aromatic rings. The second-order valence-corrected chi connectivity index (χ2v) is 8.78. The number of carboxylic acids is 1. The van der Waals surface area contributed by atoms with Gasteiger partial charge in [0, 0.05) is 30.4 Å². The Kier molecular flexibility index (Phi) is 6.03. The molecule has 3 aromatic carbocycles. The predicted molar refractivity (Wildman–Crippen MR) is 128 cm³/mol. The van der Waals surface area contributed by atoms with E-state index in [1.165, 1.54) is 11.1 Å². The molecule has 1 aliphatic carbocycles. The van der Waals surface area contributed by atoms with E-state index in [0.29, 0.717) is 6.54 Å². The van der Waals surface area contributed by atoms with E-state index in [1.54, 1.807) is 7.11 Å². The first kappa shape index (κ1) is 21.5. The van der Waals surface area contributed by atoms with Crippen molar-refractivity contribution in [1.29, 1.82) is 0 Å². The third-order valence-corrected chi connectivity index (χ3v) is 6.62. The number of carboxylic acid groups (broad SMARTS) is 1. The van der Waals surface area contributed by atoms with Crippen molar-refractivity contribution in [3.63, 3.8) is 0 Å². The van der Waals surface area contributed by atoms with Gasteiger partial charge >= 0.3 is 5.97 Å². The Hall–Kier alpha value is -3.35. The normalized spacial score (nSPS) is 18.1. The number of aliphatic carboxylic acids is 1. The van der Waals surface area contributed by atoms with Gasteiger partial charge < -0.3 is 14.7 Å². The smallest absolute Gasteiger partial charge is 0.323 e. The van der Waals surface area contributed by atoms with Gasteiger partial charge in [-0.1, -0.05) is 60.7 Å². The molecule has 0 radical (unpaired) electrons. The number of fused-ring (bicyclic) bond motifs is 2. The van der Waals surface area contributed by atoms with Crippen LogP contribution in [0.1, 0.15) is 22.3 Å². The quantitative estimate of drug-likeness (QED) is 0.581. The molecule has 0 spiro atoms. The molecule has 2 aliphatic rings. The first-order valence-electron chi connectivity index (χ1n) is 11.4. The maximum Gasteiger partial charge on any atom is 0.323 e. The SMILES string of the molecule is COc1ccccc1CN1Cc2ccccc2N(CC(=O)O)C1NC1Cc2ccccc2C1. The number of methoxy groups -OCH3 is 1. The molecule has 1 aliphatic heterocycles. The van der Waals surface area contributed by atoms with Gasteiger partial charge in [0.2, 0.25) is 0 Å². The number of hydrogen-bond donors (Lipinski definition) is 2. The number of ether oxygens (including phenoxy) is 1. The van der Waals surface area contributed by atoms with Gasteiger partial charge in [-0.15, -0.1) is 0 Å². The molecule has 5 rings (SSSR count). The van der Waals surface area contributed by atoms with E-state index >= 15 is 0 Å². The number of benzene rings is 3. The minimum atomic E-state index is -0.842. The third-order valence-electron chi connectivity index (χ3n) is 6.62. The van der Waals surface area contributed by atoms with Crippen LogP contribution in [0.15, 0.2) is 72.8 Å². The second kappa shape index (κ2) is 9.25. The number of anilines is 1. The highest BCUT2D eigenvalue weighted by Gasteiger charge is 2.36. The molecule has 33 heavy (non-hydrogen) atoms. The second-order valence-electron chi connectivity index (χ2n) is 8.78. The largest absolute Gasteiger partial charge is 0.496 e. The Labute approximate surface area is 194 Å². The lowest BCUT2D eigenvalue weighted by Crippen LogP contribution is -2.62. The summed E-state index contributed by atoms with van der Waals surface area (Å²) in [5.74, 6) is -0.00128. The van der Waals surface area contributed by atoms with Crippen LogP contribution in [-0.4, -0.2) is 42.0 Å². The molecular weight excluding hydrogens is 414 g/mol. The van der Waals surface area contributed by atoms with Gasteiger partial charge in [0.25, 0.3) is 0 Å². The van der Waals surface area contributed by atoms with Crippen molar-refractivity contribution in [2.75, 3.05) is 18.6 Å². The van der Waals surface area contributed by atoms with Gasteiger partial charge in [-0.25, -0.2) is 0 Å². The molecule has 6 heteroatoms. The average Bonchev–Trinajstić information content (AvgIpc) is 3.24. The molecule has 0 saturated carbocycles. The minimum Gasteiger partial charge on any atom is -0.496 e. The van der Waals surface area contributed by atoms with Crippen molar-refractivity contribution in [3.8, 4) is 5.75 Å². The molecule has 0 aromatic heterocycles. The van der Waals surface area contributed by atoms with Gasteiger partial charge in [-0.3, -0.25) is 15.0 Å². The first-order chi connectivity index (χ1) is 16.1. The minimum absolute atomic E-state index is 0.0726.